The molecule has 0 bridgehead atoms. The first kappa shape index (κ1) is 18.1. The molecule has 9 heteroatoms. The van der Waals surface area contributed by atoms with E-state index in [1.807, 2.05) is 0 Å². The van der Waals surface area contributed by atoms with Crippen LogP contribution >= 0.6 is 12.2 Å². The minimum atomic E-state index is -2.96. The molecule has 7 nitrogen and oxygen atoms in total. The Morgan fingerprint density at radius 1 is 1.33 bits per heavy atom. The van der Waals surface area contributed by atoms with Crippen LogP contribution in [0.4, 0.5) is 0 Å². The van der Waals surface area contributed by atoms with Gasteiger partial charge >= 0.3 is 0 Å². The zero-order chi connectivity index (χ0) is 15.7. The highest BCUT2D eigenvalue weighted by Crippen LogP contribution is 2.11. The molecule has 21 heavy (non-hydrogen) atoms. The van der Waals surface area contributed by atoms with E-state index in [1.165, 1.54) is 0 Å². The summed E-state index contributed by atoms with van der Waals surface area (Å²) in [6.45, 7) is 1.80. The fourth-order valence-corrected chi connectivity index (χ4v) is 3.86. The van der Waals surface area contributed by atoms with Crippen molar-refractivity contribution in [3.63, 3.8) is 0 Å². The first-order valence-corrected chi connectivity index (χ1v) is 9.16. The van der Waals surface area contributed by atoms with E-state index in [0.29, 0.717) is 31.2 Å². The molecule has 1 heterocycles. The Bertz CT molecular complexity index is 453. The number of ether oxygens (including phenoxy) is 1. The zero-order valence-corrected chi connectivity index (χ0v) is 13.8. The number of methoxy groups -OCH3 is 1. The third-order valence-corrected chi connectivity index (χ3v) is 5.10. The molecule has 1 atom stereocenters. The average Bonchev–Trinajstić information content (AvgIpc) is 2.74. The third kappa shape index (κ3) is 8.18. The molecule has 0 aliphatic carbocycles. The van der Waals surface area contributed by atoms with Gasteiger partial charge in [-0.05, 0) is 25.1 Å². The van der Waals surface area contributed by atoms with Gasteiger partial charge in [0.1, 0.15) is 0 Å². The van der Waals surface area contributed by atoms with E-state index in [2.05, 4.69) is 16.0 Å². The maximum Gasteiger partial charge on any atom is 0.222 e. The van der Waals surface area contributed by atoms with Gasteiger partial charge < -0.3 is 20.7 Å². The van der Waals surface area contributed by atoms with Crippen LogP contribution in [-0.2, 0) is 19.4 Å². The smallest absolute Gasteiger partial charge is 0.222 e. The van der Waals surface area contributed by atoms with Gasteiger partial charge in [0.15, 0.2) is 14.9 Å². The molecule has 0 radical (unpaired) electrons. The molecule has 0 spiro atoms. The molecule has 1 unspecified atom stereocenters. The van der Waals surface area contributed by atoms with Crippen molar-refractivity contribution in [3.05, 3.63) is 0 Å². The van der Waals surface area contributed by atoms with Gasteiger partial charge in [0.25, 0.3) is 0 Å². The SMILES string of the molecule is COCCCNC(=S)NCCC(=O)NC1CCS(=O)(=O)C1. The fourth-order valence-electron chi connectivity index (χ4n) is 1.98. The normalized spacial score (nSPS) is 20.0. The number of sulfone groups is 1. The van der Waals surface area contributed by atoms with Gasteiger partial charge in [0.05, 0.1) is 11.5 Å². The Balaban J connectivity index is 2.07. The maximum absolute atomic E-state index is 11.7. The van der Waals surface area contributed by atoms with Crippen LogP contribution in [0.3, 0.4) is 0 Å². The van der Waals surface area contributed by atoms with E-state index < -0.39 is 9.84 Å². The van der Waals surface area contributed by atoms with Crippen LogP contribution in [0.2, 0.25) is 0 Å². The molecular formula is C12H23N3O4S2. The van der Waals surface area contributed by atoms with Crippen LogP contribution in [0.5, 0.6) is 0 Å². The van der Waals surface area contributed by atoms with Crippen LogP contribution in [0.1, 0.15) is 19.3 Å². The topological polar surface area (TPSA) is 96.5 Å². The molecule has 0 aromatic carbocycles. The lowest BCUT2D eigenvalue weighted by atomic mass is 10.2. The van der Waals surface area contributed by atoms with E-state index >= 15 is 0 Å². The molecule has 1 fully saturated rings. The van der Waals surface area contributed by atoms with Crippen LogP contribution < -0.4 is 16.0 Å². The molecule has 1 aliphatic rings. The molecule has 1 amide bonds. The lowest BCUT2D eigenvalue weighted by molar-refractivity contribution is -0.121. The van der Waals surface area contributed by atoms with Gasteiger partial charge in [0, 0.05) is 39.3 Å². The van der Waals surface area contributed by atoms with Gasteiger partial charge in [-0.25, -0.2) is 8.42 Å². The molecule has 1 saturated heterocycles. The Morgan fingerprint density at radius 2 is 2.05 bits per heavy atom. The Labute approximate surface area is 131 Å². The second-order valence-electron chi connectivity index (χ2n) is 4.95. The summed E-state index contributed by atoms with van der Waals surface area (Å²) >= 11 is 5.06. The number of hydrogen-bond acceptors (Lipinski definition) is 5. The van der Waals surface area contributed by atoms with Crippen molar-refractivity contribution >= 4 is 33.1 Å². The quantitative estimate of drug-likeness (QED) is 0.393. The van der Waals surface area contributed by atoms with E-state index in [4.69, 9.17) is 17.0 Å². The summed E-state index contributed by atoms with van der Waals surface area (Å²) in [4.78, 5) is 11.7. The van der Waals surface area contributed by atoms with Gasteiger partial charge in [-0.15, -0.1) is 0 Å². The second kappa shape index (κ2) is 9.16. The summed E-state index contributed by atoms with van der Waals surface area (Å²) < 4.78 is 27.5. The second-order valence-corrected chi connectivity index (χ2v) is 7.58. The summed E-state index contributed by atoms with van der Waals surface area (Å²) in [5, 5.41) is 9.17. The largest absolute Gasteiger partial charge is 0.385 e. The third-order valence-electron chi connectivity index (χ3n) is 3.05. The number of rotatable bonds is 8. The predicted molar refractivity (Wildman–Crippen MR) is 84.9 cm³/mol. The van der Waals surface area contributed by atoms with E-state index in [9.17, 15) is 13.2 Å². The van der Waals surface area contributed by atoms with Gasteiger partial charge in [0.2, 0.25) is 5.91 Å². The molecule has 3 N–H and O–H groups in total. The van der Waals surface area contributed by atoms with Crippen molar-refractivity contribution in [2.75, 3.05) is 38.3 Å². The summed E-state index contributed by atoms with van der Waals surface area (Å²) in [5.41, 5.74) is 0. The summed E-state index contributed by atoms with van der Waals surface area (Å²) in [5.74, 6) is 0.0453. The van der Waals surface area contributed by atoms with Gasteiger partial charge in [-0.1, -0.05) is 0 Å². The number of nitrogens with one attached hydrogen (secondary N) is 3. The number of amides is 1. The number of carbonyl (C=O) groups is 1. The summed E-state index contributed by atoms with van der Waals surface area (Å²) in [6, 6.07) is -0.248. The Morgan fingerprint density at radius 3 is 2.67 bits per heavy atom. The molecule has 0 saturated carbocycles. The van der Waals surface area contributed by atoms with Crippen molar-refractivity contribution < 1.29 is 17.9 Å². The zero-order valence-electron chi connectivity index (χ0n) is 12.2. The van der Waals surface area contributed by atoms with Crippen LogP contribution in [0.15, 0.2) is 0 Å². The molecule has 0 aromatic heterocycles. The summed E-state index contributed by atoms with van der Waals surface area (Å²) in [6.07, 6.45) is 1.62. The van der Waals surface area contributed by atoms with E-state index in [-0.39, 0.29) is 29.9 Å². The molecular weight excluding hydrogens is 314 g/mol. The van der Waals surface area contributed by atoms with Crippen molar-refractivity contribution in [3.8, 4) is 0 Å². The van der Waals surface area contributed by atoms with Crippen LogP contribution in [0.25, 0.3) is 0 Å². The fraction of sp³-hybridized carbons (Fsp3) is 0.833. The highest BCUT2D eigenvalue weighted by molar-refractivity contribution is 7.91. The first-order chi connectivity index (χ1) is 9.93. The number of hydrogen-bond donors (Lipinski definition) is 3. The first-order valence-electron chi connectivity index (χ1n) is 6.93. The lowest BCUT2D eigenvalue weighted by Gasteiger charge is -2.12. The van der Waals surface area contributed by atoms with Crippen molar-refractivity contribution in [1.29, 1.82) is 0 Å². The standard InChI is InChI=1S/C12H23N3O4S2/c1-19-7-2-5-13-12(20)14-6-3-11(16)15-10-4-8-21(17,18)9-10/h10H,2-9H2,1H3,(H,15,16)(H2,13,14,20). The van der Waals surface area contributed by atoms with E-state index in [1.54, 1.807) is 7.11 Å². The monoisotopic (exact) mass is 337 g/mol. The summed E-state index contributed by atoms with van der Waals surface area (Å²) in [7, 11) is -1.32. The molecule has 122 valence electrons. The minimum absolute atomic E-state index is 0.0473. The van der Waals surface area contributed by atoms with Crippen molar-refractivity contribution in [2.45, 2.75) is 25.3 Å². The van der Waals surface area contributed by atoms with Crippen LogP contribution in [-0.4, -0.2) is 63.8 Å². The molecule has 1 rings (SSSR count). The van der Waals surface area contributed by atoms with Crippen molar-refractivity contribution in [1.82, 2.24) is 16.0 Å². The number of thiocarbonyl (C=S) groups is 1. The highest BCUT2D eigenvalue weighted by atomic mass is 32.2. The van der Waals surface area contributed by atoms with Gasteiger partial charge in [-0.3, -0.25) is 4.79 Å². The van der Waals surface area contributed by atoms with E-state index in [0.717, 1.165) is 6.42 Å². The average molecular weight is 337 g/mol. The predicted octanol–water partition coefficient (Wildman–Crippen LogP) is -0.820. The molecule has 1 aliphatic heterocycles. The lowest BCUT2D eigenvalue weighted by Crippen LogP contribution is -2.40. The maximum atomic E-state index is 11.7. The Kier molecular flexibility index (Phi) is 7.91. The number of carbonyl (C=O) groups excluding carboxylic acids is 1. The van der Waals surface area contributed by atoms with Gasteiger partial charge in [-0.2, -0.15) is 0 Å². The Hall–Kier alpha value is -0.930. The van der Waals surface area contributed by atoms with Crippen molar-refractivity contribution in [2.24, 2.45) is 0 Å². The minimum Gasteiger partial charge on any atom is -0.385 e. The van der Waals surface area contributed by atoms with Crippen LogP contribution in [0, 0.1) is 0 Å². The molecule has 0 aromatic rings. The highest BCUT2D eigenvalue weighted by Gasteiger charge is 2.28.